The Morgan fingerprint density at radius 3 is 1.31 bits per heavy atom. The number of ketones is 3. The van der Waals surface area contributed by atoms with Crippen molar-refractivity contribution < 1.29 is 19.1 Å². The Kier molecular flexibility index (Phi) is 10.1. The van der Waals surface area contributed by atoms with E-state index in [1.54, 1.807) is 0 Å². The molecule has 4 nitrogen and oxygen atoms in total. The van der Waals surface area contributed by atoms with E-state index in [1.807, 2.05) is 0 Å². The summed E-state index contributed by atoms with van der Waals surface area (Å²) in [4.78, 5) is 30.0. The molecule has 0 rings (SSSR count). The zero-order chi connectivity index (χ0) is 10.9. The lowest BCUT2D eigenvalue weighted by atomic mass is 10.2. The van der Waals surface area contributed by atoms with Crippen LogP contribution in [-0.2, 0) is 19.1 Å². The Morgan fingerprint density at radius 1 is 0.923 bits per heavy atom. The standard InChI is InChI=1S/C5H8O2.C4H8O2/c1-4(6)3-5(2)7;1-4(5)3-6-2/h3H2,1-2H3;3H2,1-2H3. The van der Waals surface area contributed by atoms with Crippen LogP contribution in [-0.4, -0.2) is 31.1 Å². The van der Waals surface area contributed by atoms with Crippen LogP contribution in [0.4, 0.5) is 0 Å². The molecule has 0 aromatic carbocycles. The molecular weight excluding hydrogens is 172 g/mol. The maximum absolute atomic E-state index is 10.0. The Hall–Kier alpha value is -1.03. The summed E-state index contributed by atoms with van der Waals surface area (Å²) in [6.07, 6.45) is 0.0833. The number of ether oxygens (including phenoxy) is 1. The van der Waals surface area contributed by atoms with Crippen molar-refractivity contribution in [3.05, 3.63) is 0 Å². The predicted molar refractivity (Wildman–Crippen MR) is 48.5 cm³/mol. The fraction of sp³-hybridized carbons (Fsp3) is 0.667. The molecule has 0 unspecified atom stereocenters. The molecule has 0 aromatic rings. The number of carbonyl (C=O) groups excluding carboxylic acids is 3. The van der Waals surface area contributed by atoms with Crippen LogP contribution in [0.25, 0.3) is 0 Å². The quantitative estimate of drug-likeness (QED) is 0.611. The fourth-order valence-corrected chi connectivity index (χ4v) is 0.554. The molecule has 0 aliphatic carbocycles. The highest BCUT2D eigenvalue weighted by atomic mass is 16.5. The molecule has 0 fully saturated rings. The summed E-state index contributed by atoms with van der Waals surface area (Å²) in [7, 11) is 1.50. The Balaban J connectivity index is 0. The van der Waals surface area contributed by atoms with Gasteiger partial charge in [-0.2, -0.15) is 0 Å². The van der Waals surface area contributed by atoms with Crippen LogP contribution in [0.2, 0.25) is 0 Å². The molecule has 76 valence electrons. The van der Waals surface area contributed by atoms with E-state index in [-0.39, 0.29) is 30.4 Å². The molecule has 0 radical (unpaired) electrons. The zero-order valence-electron chi connectivity index (χ0n) is 8.55. The number of hydrogen-bond donors (Lipinski definition) is 0. The first kappa shape index (κ1) is 14.5. The molecule has 0 amide bonds. The molecule has 0 bridgehead atoms. The first-order valence-corrected chi connectivity index (χ1v) is 3.87. The Bertz CT molecular complexity index is 172. The fourth-order valence-electron chi connectivity index (χ4n) is 0.554. The van der Waals surface area contributed by atoms with Crippen molar-refractivity contribution in [1.82, 2.24) is 0 Å². The van der Waals surface area contributed by atoms with E-state index >= 15 is 0 Å². The van der Waals surface area contributed by atoms with Gasteiger partial charge in [-0.15, -0.1) is 0 Å². The highest BCUT2D eigenvalue weighted by Gasteiger charge is 1.94. The van der Waals surface area contributed by atoms with Crippen LogP contribution in [0.1, 0.15) is 27.2 Å². The van der Waals surface area contributed by atoms with Crippen molar-refractivity contribution in [1.29, 1.82) is 0 Å². The summed E-state index contributed by atoms with van der Waals surface area (Å²) >= 11 is 0. The summed E-state index contributed by atoms with van der Waals surface area (Å²) in [5.41, 5.74) is 0. The van der Waals surface area contributed by atoms with Gasteiger partial charge < -0.3 is 4.74 Å². The monoisotopic (exact) mass is 188 g/mol. The first-order valence-electron chi connectivity index (χ1n) is 3.87. The van der Waals surface area contributed by atoms with Crippen molar-refractivity contribution in [2.75, 3.05) is 13.7 Å². The average Bonchev–Trinajstić information content (AvgIpc) is 1.83. The topological polar surface area (TPSA) is 60.4 Å². The van der Waals surface area contributed by atoms with E-state index < -0.39 is 0 Å². The van der Waals surface area contributed by atoms with Crippen molar-refractivity contribution >= 4 is 17.3 Å². The van der Waals surface area contributed by atoms with Gasteiger partial charge in [0.05, 0.1) is 6.42 Å². The lowest BCUT2D eigenvalue weighted by molar-refractivity contribution is -0.124. The van der Waals surface area contributed by atoms with Gasteiger partial charge >= 0.3 is 0 Å². The molecule has 0 spiro atoms. The molecule has 0 aromatic heterocycles. The van der Waals surface area contributed by atoms with Crippen LogP contribution in [0.5, 0.6) is 0 Å². The Morgan fingerprint density at radius 2 is 1.31 bits per heavy atom. The highest BCUT2D eigenvalue weighted by Crippen LogP contribution is 1.80. The number of carbonyl (C=O) groups is 3. The van der Waals surface area contributed by atoms with Crippen LogP contribution < -0.4 is 0 Å². The van der Waals surface area contributed by atoms with E-state index in [2.05, 4.69) is 4.74 Å². The Labute approximate surface area is 78.3 Å². The zero-order valence-corrected chi connectivity index (χ0v) is 8.55. The molecule has 13 heavy (non-hydrogen) atoms. The highest BCUT2D eigenvalue weighted by molar-refractivity contribution is 5.96. The maximum atomic E-state index is 10.0. The van der Waals surface area contributed by atoms with Crippen LogP contribution in [0.3, 0.4) is 0 Å². The maximum Gasteiger partial charge on any atom is 0.155 e. The molecule has 0 N–H and O–H groups in total. The number of Topliss-reactive ketones (excluding diaryl/α,β-unsaturated/α-hetero) is 3. The second-order valence-electron chi connectivity index (χ2n) is 2.72. The van der Waals surface area contributed by atoms with Gasteiger partial charge in [0.1, 0.15) is 18.2 Å². The van der Waals surface area contributed by atoms with Gasteiger partial charge in [-0.05, 0) is 20.8 Å². The van der Waals surface area contributed by atoms with Crippen molar-refractivity contribution in [3.63, 3.8) is 0 Å². The van der Waals surface area contributed by atoms with E-state index in [9.17, 15) is 14.4 Å². The van der Waals surface area contributed by atoms with E-state index in [1.165, 1.54) is 27.9 Å². The van der Waals surface area contributed by atoms with E-state index in [0.29, 0.717) is 0 Å². The molecule has 4 heteroatoms. The minimum Gasteiger partial charge on any atom is -0.377 e. The van der Waals surface area contributed by atoms with Crippen LogP contribution >= 0.6 is 0 Å². The van der Waals surface area contributed by atoms with E-state index in [0.717, 1.165) is 0 Å². The van der Waals surface area contributed by atoms with Crippen molar-refractivity contribution in [2.24, 2.45) is 0 Å². The summed E-state index contributed by atoms with van der Waals surface area (Å²) in [5.74, 6) is -0.0579. The smallest absolute Gasteiger partial charge is 0.155 e. The van der Waals surface area contributed by atoms with Crippen LogP contribution in [0.15, 0.2) is 0 Å². The molecule has 0 heterocycles. The lowest BCUT2D eigenvalue weighted by Gasteiger charge is -1.84. The third kappa shape index (κ3) is 24.8. The summed E-state index contributed by atoms with van der Waals surface area (Å²) < 4.78 is 4.45. The SMILES string of the molecule is CC(=O)CC(C)=O.COCC(C)=O. The minimum absolute atomic E-state index is 0.0625. The molecule has 0 atom stereocenters. The molecular formula is C9H16O4. The van der Waals surface area contributed by atoms with Crippen LogP contribution in [0, 0.1) is 0 Å². The van der Waals surface area contributed by atoms with Crippen molar-refractivity contribution in [3.8, 4) is 0 Å². The number of rotatable bonds is 4. The first-order chi connectivity index (χ1) is 5.90. The lowest BCUT2D eigenvalue weighted by Crippen LogP contribution is -1.98. The summed E-state index contributed by atoms with van der Waals surface area (Å²) in [6.45, 7) is 4.53. The normalized spacial score (nSPS) is 8.31. The van der Waals surface area contributed by atoms with E-state index in [4.69, 9.17) is 0 Å². The summed E-state index contributed by atoms with van der Waals surface area (Å²) in [6, 6.07) is 0. The summed E-state index contributed by atoms with van der Waals surface area (Å²) in [5, 5.41) is 0. The number of methoxy groups -OCH3 is 1. The molecule has 0 saturated heterocycles. The van der Waals surface area contributed by atoms with Crippen molar-refractivity contribution in [2.45, 2.75) is 27.2 Å². The molecule has 0 aliphatic heterocycles. The van der Waals surface area contributed by atoms with Gasteiger partial charge in [-0.3, -0.25) is 14.4 Å². The van der Waals surface area contributed by atoms with Gasteiger partial charge in [-0.25, -0.2) is 0 Å². The average molecular weight is 188 g/mol. The largest absolute Gasteiger partial charge is 0.377 e. The van der Waals surface area contributed by atoms with Gasteiger partial charge in [0, 0.05) is 7.11 Å². The molecule has 0 aliphatic rings. The minimum atomic E-state index is -0.0625. The third-order valence-corrected chi connectivity index (χ3v) is 0.845. The predicted octanol–water partition coefficient (Wildman–Crippen LogP) is 0.776. The third-order valence-electron chi connectivity index (χ3n) is 0.845. The second kappa shape index (κ2) is 9.06. The van der Waals surface area contributed by atoms with Gasteiger partial charge in [0.15, 0.2) is 5.78 Å². The second-order valence-corrected chi connectivity index (χ2v) is 2.72. The molecule has 0 saturated carbocycles. The number of hydrogen-bond acceptors (Lipinski definition) is 4. The van der Waals surface area contributed by atoms with Gasteiger partial charge in [-0.1, -0.05) is 0 Å². The van der Waals surface area contributed by atoms with Gasteiger partial charge in [0.2, 0.25) is 0 Å². The van der Waals surface area contributed by atoms with Gasteiger partial charge in [0.25, 0.3) is 0 Å².